The maximum absolute atomic E-state index is 9.23. The molecule has 5 N–H and O–H groups in total. The minimum Gasteiger partial charge on any atom is -0.391 e. The van der Waals surface area contributed by atoms with Crippen LogP contribution in [0.25, 0.3) is 0 Å². The molecule has 0 amide bonds. The lowest BCUT2D eigenvalue weighted by Gasteiger charge is -2.16. The Labute approximate surface area is 64.4 Å². The molecule has 1 aliphatic rings. The summed E-state index contributed by atoms with van der Waals surface area (Å²) >= 11 is 0. The van der Waals surface area contributed by atoms with Crippen molar-refractivity contribution in [3.05, 3.63) is 0 Å². The summed E-state index contributed by atoms with van der Waals surface area (Å²) in [5, 5.41) is 27.2. The lowest BCUT2D eigenvalue weighted by molar-refractivity contribution is -0.127. The first-order valence-corrected chi connectivity index (χ1v) is 3.49. The number of aliphatic hydroxyl groups is 3. The monoisotopic (exact) mass is 163 g/mol. The number of hydrogen-bond acceptors (Lipinski definition) is 5. The molecular formula is C6H13NO4. The van der Waals surface area contributed by atoms with E-state index in [0.717, 1.165) is 0 Å². The molecule has 1 fully saturated rings. The second kappa shape index (κ2) is 3.04. The Morgan fingerprint density at radius 1 is 1.45 bits per heavy atom. The second-order valence-electron chi connectivity index (χ2n) is 2.80. The van der Waals surface area contributed by atoms with Crippen molar-refractivity contribution < 1.29 is 20.1 Å². The summed E-state index contributed by atoms with van der Waals surface area (Å²) in [7, 11) is 0. The molecule has 1 rings (SSSR count). The largest absolute Gasteiger partial charge is 0.391 e. The molecule has 0 aromatic rings. The van der Waals surface area contributed by atoms with Crippen molar-refractivity contribution in [1.82, 2.24) is 0 Å². The molecule has 0 aliphatic carbocycles. The molecule has 0 aromatic carbocycles. The fourth-order valence-corrected chi connectivity index (χ4v) is 1.12. The Morgan fingerprint density at radius 3 is 2.18 bits per heavy atom. The molecule has 1 aliphatic heterocycles. The van der Waals surface area contributed by atoms with Crippen molar-refractivity contribution in [1.29, 1.82) is 0 Å². The Balaban J connectivity index is 2.59. The maximum Gasteiger partial charge on any atom is 0.173 e. The number of hydrogen-bond donors (Lipinski definition) is 4. The first kappa shape index (κ1) is 8.89. The highest BCUT2D eigenvalue weighted by molar-refractivity contribution is 4.91. The van der Waals surface area contributed by atoms with Crippen LogP contribution in [0.4, 0.5) is 0 Å². The summed E-state index contributed by atoms with van der Waals surface area (Å²) < 4.78 is 4.78. The highest BCUT2D eigenvalue weighted by atomic mass is 16.6. The van der Waals surface area contributed by atoms with Gasteiger partial charge in [0, 0.05) is 0 Å². The van der Waals surface area contributed by atoms with E-state index in [-0.39, 0.29) is 0 Å². The van der Waals surface area contributed by atoms with Crippen LogP contribution in [0, 0.1) is 0 Å². The molecule has 5 nitrogen and oxygen atoms in total. The lowest BCUT2D eigenvalue weighted by atomic mass is 10.1. The van der Waals surface area contributed by atoms with E-state index in [1.807, 2.05) is 0 Å². The molecule has 1 heterocycles. The smallest absolute Gasteiger partial charge is 0.173 e. The minimum atomic E-state index is -1.18. The van der Waals surface area contributed by atoms with Gasteiger partial charge in [0.15, 0.2) is 6.29 Å². The summed E-state index contributed by atoms with van der Waals surface area (Å²) in [6, 6.07) is -0.824. The van der Waals surface area contributed by atoms with Crippen LogP contribution in [0.3, 0.4) is 0 Å². The summed E-state index contributed by atoms with van der Waals surface area (Å²) in [5.74, 6) is 0. The Bertz CT molecular complexity index is 141. The Morgan fingerprint density at radius 2 is 2.00 bits per heavy atom. The van der Waals surface area contributed by atoms with Crippen molar-refractivity contribution >= 4 is 0 Å². The predicted molar refractivity (Wildman–Crippen MR) is 36.5 cm³/mol. The van der Waals surface area contributed by atoms with Gasteiger partial charge in [-0.25, -0.2) is 0 Å². The van der Waals surface area contributed by atoms with E-state index in [1.165, 1.54) is 6.92 Å². The van der Waals surface area contributed by atoms with E-state index in [1.54, 1.807) is 0 Å². The van der Waals surface area contributed by atoms with Crippen LogP contribution >= 0.6 is 0 Å². The molecule has 0 aromatic heterocycles. The van der Waals surface area contributed by atoms with Crippen molar-refractivity contribution in [3.8, 4) is 0 Å². The molecule has 1 saturated heterocycles. The molecule has 0 radical (unpaired) electrons. The third-order valence-electron chi connectivity index (χ3n) is 1.83. The number of aliphatic hydroxyl groups excluding tert-OH is 3. The minimum absolute atomic E-state index is 0.778. The van der Waals surface area contributed by atoms with Gasteiger partial charge in [0.05, 0.1) is 12.1 Å². The fraction of sp³-hybridized carbons (Fsp3) is 1.00. The van der Waals surface area contributed by atoms with Crippen molar-refractivity contribution in [2.45, 2.75) is 37.6 Å². The number of ether oxygens (including phenoxy) is 1. The molecule has 66 valence electrons. The van der Waals surface area contributed by atoms with Crippen LogP contribution in [0.5, 0.6) is 0 Å². The fourth-order valence-electron chi connectivity index (χ4n) is 1.12. The molecular weight excluding hydrogens is 150 g/mol. The zero-order valence-electron chi connectivity index (χ0n) is 6.21. The van der Waals surface area contributed by atoms with Crippen LogP contribution in [-0.2, 0) is 4.74 Å². The zero-order chi connectivity index (χ0) is 8.59. The first-order chi connectivity index (χ1) is 5.04. The average Bonchev–Trinajstić information content (AvgIpc) is 2.17. The van der Waals surface area contributed by atoms with Gasteiger partial charge in [-0.3, -0.25) is 0 Å². The summed E-state index contributed by atoms with van der Waals surface area (Å²) in [4.78, 5) is 0. The highest BCUT2D eigenvalue weighted by Gasteiger charge is 2.42. The van der Waals surface area contributed by atoms with Gasteiger partial charge in [-0.05, 0) is 6.92 Å². The van der Waals surface area contributed by atoms with Crippen molar-refractivity contribution in [3.63, 3.8) is 0 Å². The van der Waals surface area contributed by atoms with E-state index < -0.39 is 30.6 Å². The Hall–Kier alpha value is -0.200. The van der Waals surface area contributed by atoms with E-state index in [2.05, 4.69) is 0 Å². The molecule has 0 unspecified atom stereocenters. The van der Waals surface area contributed by atoms with Gasteiger partial charge in [-0.2, -0.15) is 0 Å². The standard InChI is InChI=1S/C6H13NO4/c1-2(8)5-4(9)3(7)6(10)11-5/h2-6,8-10H,7H2,1H3/t2-,3-,4-,5+,6+/m0/s1. The van der Waals surface area contributed by atoms with Gasteiger partial charge in [0.1, 0.15) is 12.2 Å². The molecule has 0 saturated carbocycles. The van der Waals surface area contributed by atoms with Gasteiger partial charge in [-0.1, -0.05) is 0 Å². The van der Waals surface area contributed by atoms with E-state index >= 15 is 0 Å². The van der Waals surface area contributed by atoms with Gasteiger partial charge in [0.2, 0.25) is 0 Å². The average molecular weight is 163 g/mol. The predicted octanol–water partition coefficient (Wildman–Crippen LogP) is -2.23. The van der Waals surface area contributed by atoms with Crippen LogP contribution < -0.4 is 5.73 Å². The Kier molecular flexibility index (Phi) is 2.46. The maximum atomic E-state index is 9.23. The SMILES string of the molecule is C[C@H](O)[C@H]1O[C@@H](O)[C@@H](N)[C@@H]1O. The quantitative estimate of drug-likeness (QED) is 0.351. The van der Waals surface area contributed by atoms with Crippen LogP contribution in [0.2, 0.25) is 0 Å². The topological polar surface area (TPSA) is 95.9 Å². The first-order valence-electron chi connectivity index (χ1n) is 3.49. The zero-order valence-corrected chi connectivity index (χ0v) is 6.21. The van der Waals surface area contributed by atoms with Crippen LogP contribution in [-0.4, -0.2) is 46.0 Å². The number of rotatable bonds is 1. The van der Waals surface area contributed by atoms with Crippen molar-refractivity contribution in [2.75, 3.05) is 0 Å². The molecule has 5 heteroatoms. The normalized spacial score (nSPS) is 47.7. The third kappa shape index (κ3) is 1.52. The molecule has 0 bridgehead atoms. The van der Waals surface area contributed by atoms with Gasteiger partial charge >= 0.3 is 0 Å². The van der Waals surface area contributed by atoms with Gasteiger partial charge in [0.25, 0.3) is 0 Å². The molecule has 5 atom stereocenters. The van der Waals surface area contributed by atoms with Crippen LogP contribution in [0.1, 0.15) is 6.92 Å². The second-order valence-corrected chi connectivity index (χ2v) is 2.80. The summed E-state index contributed by atoms with van der Waals surface area (Å²) in [5.41, 5.74) is 5.31. The van der Waals surface area contributed by atoms with E-state index in [0.29, 0.717) is 0 Å². The third-order valence-corrected chi connectivity index (χ3v) is 1.83. The lowest BCUT2D eigenvalue weighted by Crippen LogP contribution is -2.42. The van der Waals surface area contributed by atoms with Crippen molar-refractivity contribution in [2.24, 2.45) is 5.73 Å². The summed E-state index contributed by atoms with van der Waals surface area (Å²) in [6.45, 7) is 1.47. The van der Waals surface area contributed by atoms with E-state index in [9.17, 15) is 5.11 Å². The summed E-state index contributed by atoms with van der Waals surface area (Å²) in [6.07, 6.45) is -3.78. The van der Waals surface area contributed by atoms with E-state index in [4.69, 9.17) is 20.7 Å². The molecule has 11 heavy (non-hydrogen) atoms. The number of nitrogens with two attached hydrogens (primary N) is 1. The van der Waals surface area contributed by atoms with Crippen LogP contribution in [0.15, 0.2) is 0 Å². The highest BCUT2D eigenvalue weighted by Crippen LogP contribution is 2.20. The molecule has 0 spiro atoms. The van der Waals surface area contributed by atoms with Gasteiger partial charge in [-0.15, -0.1) is 0 Å². The van der Waals surface area contributed by atoms with Gasteiger partial charge < -0.3 is 25.8 Å².